The van der Waals surface area contributed by atoms with Gasteiger partial charge in [0.15, 0.2) is 0 Å². The van der Waals surface area contributed by atoms with E-state index >= 15 is 0 Å². The van der Waals surface area contributed by atoms with Crippen molar-refractivity contribution >= 4 is 27.5 Å². The van der Waals surface area contributed by atoms with Crippen LogP contribution in [0, 0.1) is 10.1 Å². The van der Waals surface area contributed by atoms with Crippen molar-refractivity contribution in [1.29, 1.82) is 0 Å². The lowest BCUT2D eigenvalue weighted by atomic mass is 10.3. The Morgan fingerprint density at radius 3 is 2.37 bits per heavy atom. The van der Waals surface area contributed by atoms with Crippen molar-refractivity contribution < 1.29 is 26.5 Å². The molecule has 2 rings (SSSR count). The quantitative estimate of drug-likeness (QED) is 0.562. The topological polar surface area (TPSA) is 102 Å². The average Bonchev–Trinajstić information content (AvgIpc) is 2.53. The standard InChI is InChI=1S/C15H14F3N3O4S2/c1-9(2)20-27(24,25)11-4-5-13(12(7-11)21(22)23)26-14-6-3-10(8-19-14)15(16,17)18/h3-9,20H,1-2H3. The van der Waals surface area contributed by atoms with Gasteiger partial charge >= 0.3 is 6.18 Å². The molecule has 1 heterocycles. The summed E-state index contributed by atoms with van der Waals surface area (Å²) < 4.78 is 64.3. The Morgan fingerprint density at radius 1 is 1.22 bits per heavy atom. The molecule has 12 heteroatoms. The van der Waals surface area contributed by atoms with Crippen molar-refractivity contribution in [2.75, 3.05) is 0 Å². The summed E-state index contributed by atoms with van der Waals surface area (Å²) in [5, 5.41) is 11.4. The van der Waals surface area contributed by atoms with Gasteiger partial charge in [0.1, 0.15) is 5.03 Å². The first kappa shape index (κ1) is 21.1. The molecule has 0 saturated heterocycles. The third kappa shape index (κ3) is 5.40. The van der Waals surface area contributed by atoms with Crippen LogP contribution >= 0.6 is 11.8 Å². The Balaban J connectivity index is 2.36. The Morgan fingerprint density at radius 2 is 1.89 bits per heavy atom. The summed E-state index contributed by atoms with van der Waals surface area (Å²) in [6, 6.07) is 4.80. The van der Waals surface area contributed by atoms with Gasteiger partial charge < -0.3 is 0 Å². The monoisotopic (exact) mass is 421 g/mol. The summed E-state index contributed by atoms with van der Waals surface area (Å²) in [4.78, 5) is 14.0. The maximum atomic E-state index is 12.6. The number of hydrogen-bond donors (Lipinski definition) is 1. The van der Waals surface area contributed by atoms with Gasteiger partial charge in [0, 0.05) is 18.3 Å². The second-order valence-electron chi connectivity index (χ2n) is 5.65. The summed E-state index contributed by atoms with van der Waals surface area (Å²) in [7, 11) is -3.93. The number of rotatable bonds is 6. The predicted molar refractivity (Wildman–Crippen MR) is 91.9 cm³/mol. The molecule has 1 aromatic heterocycles. The average molecular weight is 421 g/mol. The van der Waals surface area contributed by atoms with Crippen LogP contribution < -0.4 is 4.72 Å². The van der Waals surface area contributed by atoms with Crippen molar-refractivity contribution in [3.8, 4) is 0 Å². The summed E-state index contributed by atoms with van der Waals surface area (Å²) in [6.45, 7) is 3.21. The van der Waals surface area contributed by atoms with Crippen LogP contribution in [0.4, 0.5) is 18.9 Å². The lowest BCUT2D eigenvalue weighted by molar-refractivity contribution is -0.388. The predicted octanol–water partition coefficient (Wildman–Crippen LogP) is 3.85. The number of pyridine rings is 1. The van der Waals surface area contributed by atoms with E-state index in [9.17, 15) is 31.7 Å². The smallest absolute Gasteiger partial charge is 0.258 e. The van der Waals surface area contributed by atoms with Gasteiger partial charge in [-0.25, -0.2) is 18.1 Å². The van der Waals surface area contributed by atoms with Crippen LogP contribution in [-0.2, 0) is 16.2 Å². The number of aromatic nitrogens is 1. The fourth-order valence-corrected chi connectivity index (χ4v) is 4.10. The summed E-state index contributed by atoms with van der Waals surface area (Å²) in [6.07, 6.45) is -3.92. The Kier molecular flexibility index (Phi) is 6.12. The van der Waals surface area contributed by atoms with E-state index in [1.54, 1.807) is 13.8 Å². The highest BCUT2D eigenvalue weighted by atomic mass is 32.2. The first-order chi connectivity index (χ1) is 12.4. The molecule has 0 spiro atoms. The molecule has 146 valence electrons. The van der Waals surface area contributed by atoms with E-state index in [4.69, 9.17) is 0 Å². The van der Waals surface area contributed by atoms with E-state index in [0.717, 1.165) is 30.0 Å². The van der Waals surface area contributed by atoms with Gasteiger partial charge in [0.05, 0.1) is 20.3 Å². The van der Waals surface area contributed by atoms with E-state index in [2.05, 4.69) is 9.71 Å². The van der Waals surface area contributed by atoms with Crippen LogP contribution in [-0.4, -0.2) is 24.4 Å². The van der Waals surface area contributed by atoms with Crippen molar-refractivity contribution in [2.45, 2.75) is 40.9 Å². The zero-order valence-corrected chi connectivity index (χ0v) is 15.7. The highest BCUT2D eigenvalue weighted by Gasteiger charge is 2.31. The molecule has 0 unspecified atom stereocenters. The Hall–Kier alpha value is -2.18. The van der Waals surface area contributed by atoms with Crippen LogP contribution in [0.25, 0.3) is 0 Å². The first-order valence-electron chi connectivity index (χ1n) is 7.42. The third-order valence-electron chi connectivity index (χ3n) is 3.11. The van der Waals surface area contributed by atoms with Crippen molar-refractivity contribution in [3.05, 3.63) is 52.2 Å². The molecule has 0 atom stereocenters. The minimum atomic E-state index is -4.54. The molecular formula is C15H14F3N3O4S2. The number of sulfonamides is 1. The molecule has 0 aliphatic carbocycles. The second-order valence-corrected chi connectivity index (χ2v) is 8.42. The Labute approximate surface area is 157 Å². The summed E-state index contributed by atoms with van der Waals surface area (Å²) in [5.74, 6) is 0. The highest BCUT2D eigenvalue weighted by molar-refractivity contribution is 7.99. The minimum Gasteiger partial charge on any atom is -0.258 e. The number of alkyl halides is 3. The molecule has 1 N–H and O–H groups in total. The fraction of sp³-hybridized carbons (Fsp3) is 0.267. The van der Waals surface area contributed by atoms with Crippen LogP contribution in [0.5, 0.6) is 0 Å². The van der Waals surface area contributed by atoms with Gasteiger partial charge in [-0.15, -0.1) is 0 Å². The van der Waals surface area contributed by atoms with Gasteiger partial charge in [-0.2, -0.15) is 13.2 Å². The zero-order chi connectivity index (χ0) is 20.4. The lowest BCUT2D eigenvalue weighted by Crippen LogP contribution is -2.30. The number of benzene rings is 1. The number of nitrogens with zero attached hydrogens (tertiary/aromatic N) is 2. The number of nitrogens with one attached hydrogen (secondary N) is 1. The molecule has 27 heavy (non-hydrogen) atoms. The largest absolute Gasteiger partial charge is 0.417 e. The molecule has 1 aromatic carbocycles. The van der Waals surface area contributed by atoms with Crippen LogP contribution in [0.15, 0.2) is 51.3 Å². The number of halogens is 3. The van der Waals surface area contributed by atoms with Gasteiger partial charge in [0.2, 0.25) is 10.0 Å². The van der Waals surface area contributed by atoms with Crippen molar-refractivity contribution in [2.24, 2.45) is 0 Å². The Bertz CT molecular complexity index is 946. The van der Waals surface area contributed by atoms with E-state index in [-0.39, 0.29) is 14.8 Å². The second kappa shape index (κ2) is 7.82. The van der Waals surface area contributed by atoms with Gasteiger partial charge in [-0.05, 0) is 38.1 Å². The zero-order valence-electron chi connectivity index (χ0n) is 14.0. The van der Waals surface area contributed by atoms with Crippen LogP contribution in [0.3, 0.4) is 0 Å². The van der Waals surface area contributed by atoms with E-state index in [1.165, 1.54) is 12.1 Å². The minimum absolute atomic E-state index is 0.0516. The first-order valence-corrected chi connectivity index (χ1v) is 9.72. The normalized spacial score (nSPS) is 12.4. The van der Waals surface area contributed by atoms with Crippen LogP contribution in [0.2, 0.25) is 0 Å². The molecule has 0 aliphatic rings. The molecule has 0 fully saturated rings. The molecule has 0 saturated carbocycles. The maximum Gasteiger partial charge on any atom is 0.417 e. The molecule has 0 radical (unpaired) electrons. The number of nitro benzene ring substituents is 1. The third-order valence-corrected chi connectivity index (χ3v) is 5.78. The summed E-state index contributed by atoms with van der Waals surface area (Å²) in [5.41, 5.74) is -1.43. The van der Waals surface area contributed by atoms with E-state index in [1.807, 2.05) is 0 Å². The molecule has 0 bridgehead atoms. The summed E-state index contributed by atoms with van der Waals surface area (Å²) >= 11 is 0.760. The van der Waals surface area contributed by atoms with Crippen molar-refractivity contribution in [3.63, 3.8) is 0 Å². The molecule has 0 aliphatic heterocycles. The number of nitro groups is 1. The number of hydrogen-bond acceptors (Lipinski definition) is 6. The van der Waals surface area contributed by atoms with Gasteiger partial charge in [-0.1, -0.05) is 11.8 Å². The molecule has 0 amide bonds. The van der Waals surface area contributed by atoms with Gasteiger partial charge in [0.25, 0.3) is 5.69 Å². The van der Waals surface area contributed by atoms with Crippen molar-refractivity contribution in [1.82, 2.24) is 9.71 Å². The van der Waals surface area contributed by atoms with Gasteiger partial charge in [-0.3, -0.25) is 10.1 Å². The van der Waals surface area contributed by atoms with Crippen LogP contribution in [0.1, 0.15) is 19.4 Å². The van der Waals surface area contributed by atoms with E-state index < -0.39 is 38.4 Å². The fourth-order valence-electron chi connectivity index (χ4n) is 1.99. The lowest BCUT2D eigenvalue weighted by Gasteiger charge is -2.10. The molecule has 2 aromatic rings. The molecular weight excluding hydrogens is 407 g/mol. The highest BCUT2D eigenvalue weighted by Crippen LogP contribution is 2.36. The SMILES string of the molecule is CC(C)NS(=O)(=O)c1ccc(Sc2ccc(C(F)(F)F)cn2)c([N+](=O)[O-])c1. The van der Waals surface area contributed by atoms with E-state index in [0.29, 0.717) is 6.20 Å². The maximum absolute atomic E-state index is 12.6. The molecule has 7 nitrogen and oxygen atoms in total.